The monoisotopic (exact) mass is 274 g/mol. The molecule has 4 nitrogen and oxygen atoms in total. The summed E-state index contributed by atoms with van der Waals surface area (Å²) in [4.78, 5) is 26.6. The average Bonchev–Trinajstić information content (AvgIpc) is 2.43. The molecule has 1 N–H and O–H groups in total. The quantitative estimate of drug-likeness (QED) is 0.915. The van der Waals surface area contributed by atoms with Crippen molar-refractivity contribution < 1.29 is 9.59 Å². The zero-order valence-electron chi connectivity index (χ0n) is 12.5. The summed E-state index contributed by atoms with van der Waals surface area (Å²) in [5, 5.41) is 2.89. The third kappa shape index (κ3) is 2.30. The van der Waals surface area contributed by atoms with E-state index in [4.69, 9.17) is 0 Å². The van der Waals surface area contributed by atoms with Crippen LogP contribution in [0.3, 0.4) is 0 Å². The van der Waals surface area contributed by atoms with Crippen LogP contribution in [0.4, 0.5) is 0 Å². The van der Waals surface area contributed by atoms with Crippen LogP contribution >= 0.6 is 0 Å². The van der Waals surface area contributed by atoms with Gasteiger partial charge in [0.05, 0.1) is 0 Å². The molecule has 20 heavy (non-hydrogen) atoms. The number of rotatable bonds is 3. The Morgan fingerprint density at radius 1 is 1.25 bits per heavy atom. The zero-order valence-corrected chi connectivity index (χ0v) is 12.5. The predicted octanol–water partition coefficient (Wildman–Crippen LogP) is 1.90. The standard InChI is InChI=1S/C16H22N2O2/c1-11(2)10-13-14(19)18(4)16(3,15(20)17-13)12-8-6-5-7-9-12/h5-9,11,13H,10H2,1-4H3,(H,17,20). The fraction of sp³-hybridized carbons (Fsp3) is 0.500. The summed E-state index contributed by atoms with van der Waals surface area (Å²) in [7, 11) is 1.71. The van der Waals surface area contributed by atoms with E-state index in [-0.39, 0.29) is 11.8 Å². The van der Waals surface area contributed by atoms with Gasteiger partial charge in [-0.3, -0.25) is 9.59 Å². The number of hydrogen-bond donors (Lipinski definition) is 1. The van der Waals surface area contributed by atoms with Crippen LogP contribution in [0.5, 0.6) is 0 Å². The van der Waals surface area contributed by atoms with Crippen molar-refractivity contribution in [1.29, 1.82) is 0 Å². The van der Waals surface area contributed by atoms with Crippen LogP contribution in [0.15, 0.2) is 30.3 Å². The highest BCUT2D eigenvalue weighted by Gasteiger charge is 2.48. The Labute approximate surface area is 120 Å². The molecule has 1 heterocycles. The van der Waals surface area contributed by atoms with Gasteiger partial charge in [0.25, 0.3) is 5.91 Å². The molecule has 1 aliphatic heterocycles. The largest absolute Gasteiger partial charge is 0.342 e. The predicted molar refractivity (Wildman–Crippen MR) is 77.9 cm³/mol. The molecular formula is C16H22N2O2. The van der Waals surface area contributed by atoms with Crippen LogP contribution in [0.1, 0.15) is 32.8 Å². The lowest BCUT2D eigenvalue weighted by Gasteiger charge is -2.44. The molecule has 1 fully saturated rings. The van der Waals surface area contributed by atoms with Crippen molar-refractivity contribution in [1.82, 2.24) is 10.2 Å². The van der Waals surface area contributed by atoms with E-state index in [0.29, 0.717) is 12.3 Å². The van der Waals surface area contributed by atoms with Gasteiger partial charge < -0.3 is 10.2 Å². The van der Waals surface area contributed by atoms with Crippen molar-refractivity contribution in [2.45, 2.75) is 38.8 Å². The van der Waals surface area contributed by atoms with E-state index in [9.17, 15) is 9.59 Å². The highest BCUT2D eigenvalue weighted by molar-refractivity contribution is 6.00. The minimum atomic E-state index is -0.939. The SMILES string of the molecule is CC(C)CC1NC(=O)C(C)(c2ccccc2)N(C)C1=O. The van der Waals surface area contributed by atoms with Crippen LogP contribution in [-0.4, -0.2) is 29.8 Å². The Bertz CT molecular complexity index is 512. The second kappa shape index (κ2) is 5.27. The van der Waals surface area contributed by atoms with Crippen LogP contribution in [0, 0.1) is 5.92 Å². The zero-order chi connectivity index (χ0) is 14.9. The highest BCUT2D eigenvalue weighted by Crippen LogP contribution is 2.31. The minimum absolute atomic E-state index is 0.0235. The number of piperazine rings is 1. The van der Waals surface area contributed by atoms with Gasteiger partial charge in [0.1, 0.15) is 11.6 Å². The molecule has 0 radical (unpaired) electrons. The summed E-state index contributed by atoms with van der Waals surface area (Å²) < 4.78 is 0. The van der Waals surface area contributed by atoms with Gasteiger partial charge >= 0.3 is 0 Å². The molecular weight excluding hydrogens is 252 g/mol. The number of nitrogens with zero attached hydrogens (tertiary/aromatic N) is 1. The summed E-state index contributed by atoms with van der Waals surface area (Å²) in [5.74, 6) is 0.222. The van der Waals surface area contributed by atoms with Gasteiger partial charge in [-0.05, 0) is 24.8 Å². The molecule has 2 amide bonds. The van der Waals surface area contributed by atoms with Crippen LogP contribution in [0.25, 0.3) is 0 Å². The summed E-state index contributed by atoms with van der Waals surface area (Å²) in [6.45, 7) is 5.88. The molecule has 1 saturated heterocycles. The molecule has 108 valence electrons. The molecule has 2 rings (SSSR count). The molecule has 4 heteroatoms. The van der Waals surface area contributed by atoms with Gasteiger partial charge in [-0.1, -0.05) is 44.2 Å². The van der Waals surface area contributed by atoms with E-state index in [1.807, 2.05) is 44.2 Å². The Morgan fingerprint density at radius 2 is 1.85 bits per heavy atom. The maximum Gasteiger partial charge on any atom is 0.250 e. The van der Waals surface area contributed by atoms with E-state index < -0.39 is 11.6 Å². The number of carbonyl (C=O) groups is 2. The fourth-order valence-electron chi connectivity index (χ4n) is 2.69. The van der Waals surface area contributed by atoms with Gasteiger partial charge in [0, 0.05) is 7.05 Å². The molecule has 1 aromatic rings. The minimum Gasteiger partial charge on any atom is -0.342 e. The van der Waals surface area contributed by atoms with Gasteiger partial charge in [-0.2, -0.15) is 0 Å². The van der Waals surface area contributed by atoms with Crippen molar-refractivity contribution in [2.75, 3.05) is 7.05 Å². The second-order valence-electron chi connectivity index (χ2n) is 5.99. The fourth-order valence-corrected chi connectivity index (χ4v) is 2.69. The molecule has 0 bridgehead atoms. The maximum absolute atomic E-state index is 12.6. The van der Waals surface area contributed by atoms with E-state index in [1.54, 1.807) is 18.9 Å². The molecule has 0 aromatic heterocycles. The number of nitrogens with one attached hydrogen (secondary N) is 1. The van der Waals surface area contributed by atoms with Crippen molar-refractivity contribution in [3.63, 3.8) is 0 Å². The Balaban J connectivity index is 2.34. The van der Waals surface area contributed by atoms with Crippen LogP contribution in [0.2, 0.25) is 0 Å². The van der Waals surface area contributed by atoms with Crippen LogP contribution < -0.4 is 5.32 Å². The number of benzene rings is 1. The summed E-state index contributed by atoms with van der Waals surface area (Å²) in [6, 6.07) is 9.01. The second-order valence-corrected chi connectivity index (χ2v) is 5.99. The first kappa shape index (κ1) is 14.6. The third-order valence-electron chi connectivity index (χ3n) is 4.09. The molecule has 1 aliphatic rings. The molecule has 0 saturated carbocycles. The first-order valence-electron chi connectivity index (χ1n) is 7.01. The van der Waals surface area contributed by atoms with Gasteiger partial charge in [0.2, 0.25) is 5.91 Å². The number of carbonyl (C=O) groups excluding carboxylic acids is 2. The van der Waals surface area contributed by atoms with Crippen molar-refractivity contribution in [3.05, 3.63) is 35.9 Å². The smallest absolute Gasteiger partial charge is 0.250 e. The number of hydrogen-bond acceptors (Lipinski definition) is 2. The lowest BCUT2D eigenvalue weighted by atomic mass is 9.85. The lowest BCUT2D eigenvalue weighted by Crippen LogP contribution is -2.66. The normalized spacial score (nSPS) is 26.9. The maximum atomic E-state index is 12.6. The van der Waals surface area contributed by atoms with E-state index in [0.717, 1.165) is 5.56 Å². The summed E-state index contributed by atoms with van der Waals surface area (Å²) in [6.07, 6.45) is 0.666. The Kier molecular flexibility index (Phi) is 3.84. The molecule has 0 aliphatic carbocycles. The van der Waals surface area contributed by atoms with Gasteiger partial charge in [-0.15, -0.1) is 0 Å². The molecule has 1 aromatic carbocycles. The number of likely N-dealkylation sites (N-methyl/N-ethyl adjacent to an activating group) is 1. The average molecular weight is 274 g/mol. The van der Waals surface area contributed by atoms with Crippen molar-refractivity contribution >= 4 is 11.8 Å². The number of amides is 2. The van der Waals surface area contributed by atoms with E-state index >= 15 is 0 Å². The van der Waals surface area contributed by atoms with Crippen LogP contribution in [-0.2, 0) is 15.1 Å². The van der Waals surface area contributed by atoms with Crippen molar-refractivity contribution in [2.24, 2.45) is 5.92 Å². The topological polar surface area (TPSA) is 49.4 Å². The summed E-state index contributed by atoms with van der Waals surface area (Å²) >= 11 is 0. The lowest BCUT2D eigenvalue weighted by molar-refractivity contribution is -0.155. The Hall–Kier alpha value is -1.84. The first-order chi connectivity index (χ1) is 9.37. The van der Waals surface area contributed by atoms with Crippen molar-refractivity contribution in [3.8, 4) is 0 Å². The highest BCUT2D eigenvalue weighted by atomic mass is 16.2. The first-order valence-corrected chi connectivity index (χ1v) is 7.01. The molecule has 0 spiro atoms. The van der Waals surface area contributed by atoms with Gasteiger partial charge in [0.15, 0.2) is 0 Å². The third-order valence-corrected chi connectivity index (χ3v) is 4.09. The molecule has 2 atom stereocenters. The Morgan fingerprint density at radius 3 is 2.40 bits per heavy atom. The van der Waals surface area contributed by atoms with E-state index in [1.165, 1.54) is 0 Å². The summed E-state index contributed by atoms with van der Waals surface area (Å²) in [5.41, 5.74) is -0.109. The van der Waals surface area contributed by atoms with E-state index in [2.05, 4.69) is 5.32 Å². The molecule has 2 unspecified atom stereocenters. The van der Waals surface area contributed by atoms with Gasteiger partial charge in [-0.25, -0.2) is 0 Å².